The fourth-order valence-electron chi connectivity index (χ4n) is 1.41. The standard InChI is InChI=1S/C10H12N2O2/c1-6(11)9-10(13)12-7-4-2-3-5-8(7)14-9/h2-6,9H,11H2,1H3,(H,12,13). The maximum Gasteiger partial charge on any atom is 0.267 e. The number of nitrogens with two attached hydrogens (primary N) is 1. The van der Waals surface area contributed by atoms with E-state index in [0.29, 0.717) is 11.4 Å². The molecule has 0 aliphatic carbocycles. The lowest BCUT2D eigenvalue weighted by molar-refractivity contribution is -0.124. The summed E-state index contributed by atoms with van der Waals surface area (Å²) in [5.41, 5.74) is 6.33. The molecule has 4 heteroatoms. The van der Waals surface area contributed by atoms with Gasteiger partial charge in [0.05, 0.1) is 5.69 Å². The number of hydrogen-bond acceptors (Lipinski definition) is 3. The third-order valence-corrected chi connectivity index (χ3v) is 2.13. The Bertz CT molecular complexity index is 363. The fourth-order valence-corrected chi connectivity index (χ4v) is 1.41. The van der Waals surface area contributed by atoms with Gasteiger partial charge >= 0.3 is 0 Å². The van der Waals surface area contributed by atoms with E-state index in [0.717, 1.165) is 0 Å². The number of benzene rings is 1. The number of carbonyl (C=O) groups is 1. The summed E-state index contributed by atoms with van der Waals surface area (Å²) < 4.78 is 5.47. The van der Waals surface area contributed by atoms with Gasteiger partial charge in [0.1, 0.15) is 5.75 Å². The van der Waals surface area contributed by atoms with Crippen molar-refractivity contribution in [2.75, 3.05) is 5.32 Å². The van der Waals surface area contributed by atoms with Gasteiger partial charge in [-0.15, -0.1) is 0 Å². The van der Waals surface area contributed by atoms with Crippen molar-refractivity contribution in [2.24, 2.45) is 5.73 Å². The molecule has 0 saturated carbocycles. The van der Waals surface area contributed by atoms with Gasteiger partial charge in [0.25, 0.3) is 5.91 Å². The Hall–Kier alpha value is -1.55. The topological polar surface area (TPSA) is 64.3 Å². The van der Waals surface area contributed by atoms with Crippen molar-refractivity contribution in [2.45, 2.75) is 19.1 Å². The van der Waals surface area contributed by atoms with Crippen LogP contribution in [-0.2, 0) is 4.79 Å². The van der Waals surface area contributed by atoms with Gasteiger partial charge in [0.2, 0.25) is 0 Å². The highest BCUT2D eigenvalue weighted by atomic mass is 16.5. The maximum atomic E-state index is 11.5. The zero-order valence-corrected chi connectivity index (χ0v) is 7.86. The third-order valence-electron chi connectivity index (χ3n) is 2.13. The number of ether oxygens (including phenoxy) is 1. The van der Waals surface area contributed by atoms with Crippen molar-refractivity contribution in [3.63, 3.8) is 0 Å². The van der Waals surface area contributed by atoms with Gasteiger partial charge in [-0.3, -0.25) is 4.79 Å². The van der Waals surface area contributed by atoms with E-state index in [2.05, 4.69) is 5.32 Å². The first-order valence-corrected chi connectivity index (χ1v) is 4.50. The van der Waals surface area contributed by atoms with Crippen LogP contribution in [0.4, 0.5) is 5.69 Å². The molecule has 0 radical (unpaired) electrons. The molecule has 2 rings (SSSR count). The zero-order valence-electron chi connectivity index (χ0n) is 7.86. The number of hydrogen-bond donors (Lipinski definition) is 2. The predicted molar refractivity (Wildman–Crippen MR) is 53.1 cm³/mol. The lowest BCUT2D eigenvalue weighted by Gasteiger charge is -2.27. The van der Waals surface area contributed by atoms with E-state index in [9.17, 15) is 4.79 Å². The molecule has 4 nitrogen and oxygen atoms in total. The molecule has 0 aromatic heterocycles. The minimum atomic E-state index is -0.593. The van der Waals surface area contributed by atoms with E-state index in [1.807, 2.05) is 18.2 Å². The number of fused-ring (bicyclic) bond motifs is 1. The van der Waals surface area contributed by atoms with Crippen LogP contribution in [0.1, 0.15) is 6.92 Å². The second-order valence-electron chi connectivity index (χ2n) is 3.38. The molecule has 74 valence electrons. The number of nitrogens with one attached hydrogen (secondary N) is 1. The van der Waals surface area contributed by atoms with Gasteiger partial charge in [0, 0.05) is 6.04 Å². The minimum absolute atomic E-state index is 0.182. The monoisotopic (exact) mass is 192 g/mol. The summed E-state index contributed by atoms with van der Waals surface area (Å²) in [6, 6.07) is 6.99. The number of anilines is 1. The van der Waals surface area contributed by atoms with Crippen molar-refractivity contribution < 1.29 is 9.53 Å². The molecule has 2 unspecified atom stereocenters. The summed E-state index contributed by atoms with van der Waals surface area (Å²) in [6.07, 6.45) is -0.593. The van der Waals surface area contributed by atoms with Crippen molar-refractivity contribution >= 4 is 11.6 Å². The molecule has 14 heavy (non-hydrogen) atoms. The molecule has 0 saturated heterocycles. The molecule has 1 aromatic rings. The Balaban J connectivity index is 2.31. The van der Waals surface area contributed by atoms with Crippen LogP contribution >= 0.6 is 0 Å². The molecule has 0 fully saturated rings. The number of para-hydroxylation sites is 2. The molecular weight excluding hydrogens is 180 g/mol. The second kappa shape index (κ2) is 3.31. The average Bonchev–Trinajstić information content (AvgIpc) is 2.16. The zero-order chi connectivity index (χ0) is 10.1. The van der Waals surface area contributed by atoms with Gasteiger partial charge in [-0.05, 0) is 19.1 Å². The molecule has 1 amide bonds. The summed E-state index contributed by atoms with van der Waals surface area (Å²) in [4.78, 5) is 11.5. The van der Waals surface area contributed by atoms with Crippen molar-refractivity contribution in [1.82, 2.24) is 0 Å². The van der Waals surface area contributed by atoms with E-state index in [-0.39, 0.29) is 11.9 Å². The lowest BCUT2D eigenvalue weighted by atomic mass is 10.1. The van der Waals surface area contributed by atoms with Gasteiger partial charge in [-0.2, -0.15) is 0 Å². The average molecular weight is 192 g/mol. The fraction of sp³-hybridized carbons (Fsp3) is 0.300. The van der Waals surface area contributed by atoms with E-state index < -0.39 is 6.10 Å². The molecule has 2 atom stereocenters. The highest BCUT2D eigenvalue weighted by Gasteiger charge is 2.29. The second-order valence-corrected chi connectivity index (χ2v) is 3.38. The van der Waals surface area contributed by atoms with Crippen molar-refractivity contribution in [3.8, 4) is 5.75 Å². The lowest BCUT2D eigenvalue weighted by Crippen LogP contribution is -2.47. The van der Waals surface area contributed by atoms with Crippen LogP contribution in [0, 0.1) is 0 Å². The number of amides is 1. The summed E-state index contributed by atoms with van der Waals surface area (Å²) in [5.74, 6) is 0.494. The Kier molecular flexibility index (Phi) is 2.13. The molecule has 0 bridgehead atoms. The summed E-state index contributed by atoms with van der Waals surface area (Å²) >= 11 is 0. The van der Waals surface area contributed by atoms with Crippen LogP contribution in [0.2, 0.25) is 0 Å². The smallest absolute Gasteiger partial charge is 0.267 e. The van der Waals surface area contributed by atoms with Crippen LogP contribution in [0.5, 0.6) is 5.75 Å². The Labute approximate surface area is 82.1 Å². The molecule has 3 N–H and O–H groups in total. The third kappa shape index (κ3) is 1.44. The normalized spacial score (nSPS) is 21.9. The first-order chi connectivity index (χ1) is 6.68. The van der Waals surface area contributed by atoms with Gasteiger partial charge in [-0.25, -0.2) is 0 Å². The maximum absolute atomic E-state index is 11.5. The molecule has 1 aliphatic rings. The first kappa shape index (κ1) is 9.02. The molecule has 0 spiro atoms. The summed E-state index contributed by atoms with van der Waals surface area (Å²) in [6.45, 7) is 1.75. The van der Waals surface area contributed by atoms with Crippen LogP contribution in [0.15, 0.2) is 24.3 Å². The molecule has 1 heterocycles. The van der Waals surface area contributed by atoms with Gasteiger partial charge in [0.15, 0.2) is 6.10 Å². The van der Waals surface area contributed by atoms with Gasteiger partial charge < -0.3 is 15.8 Å². The molecule has 1 aromatic carbocycles. The van der Waals surface area contributed by atoms with Crippen LogP contribution in [-0.4, -0.2) is 18.1 Å². The van der Waals surface area contributed by atoms with Crippen LogP contribution in [0.25, 0.3) is 0 Å². The van der Waals surface area contributed by atoms with Gasteiger partial charge in [-0.1, -0.05) is 12.1 Å². The van der Waals surface area contributed by atoms with E-state index in [1.54, 1.807) is 13.0 Å². The van der Waals surface area contributed by atoms with Crippen LogP contribution in [0.3, 0.4) is 0 Å². The highest BCUT2D eigenvalue weighted by molar-refractivity contribution is 5.98. The quantitative estimate of drug-likeness (QED) is 0.689. The summed E-state index contributed by atoms with van der Waals surface area (Å²) in [5, 5.41) is 2.75. The Morgan fingerprint density at radius 2 is 2.21 bits per heavy atom. The largest absolute Gasteiger partial charge is 0.477 e. The molecule has 1 aliphatic heterocycles. The summed E-state index contributed by atoms with van der Waals surface area (Å²) in [7, 11) is 0. The van der Waals surface area contributed by atoms with E-state index in [1.165, 1.54) is 0 Å². The minimum Gasteiger partial charge on any atom is -0.477 e. The Morgan fingerprint density at radius 1 is 1.50 bits per heavy atom. The van der Waals surface area contributed by atoms with E-state index in [4.69, 9.17) is 10.5 Å². The predicted octanol–water partition coefficient (Wildman–Crippen LogP) is 0.733. The van der Waals surface area contributed by atoms with E-state index >= 15 is 0 Å². The van der Waals surface area contributed by atoms with Crippen molar-refractivity contribution in [3.05, 3.63) is 24.3 Å². The number of carbonyl (C=O) groups excluding carboxylic acids is 1. The SMILES string of the molecule is CC(N)C1Oc2ccccc2NC1=O. The van der Waals surface area contributed by atoms with Crippen LogP contribution < -0.4 is 15.8 Å². The first-order valence-electron chi connectivity index (χ1n) is 4.50. The highest BCUT2D eigenvalue weighted by Crippen LogP contribution is 2.29. The molecular formula is C10H12N2O2. The number of rotatable bonds is 1. The Morgan fingerprint density at radius 3 is 2.93 bits per heavy atom. The van der Waals surface area contributed by atoms with Crippen molar-refractivity contribution in [1.29, 1.82) is 0 Å².